The first-order valence-electron chi connectivity index (χ1n) is 5.26. The maximum Gasteiger partial charge on any atom is 0.269 e. The molecule has 7 heteroatoms. The van der Waals surface area contributed by atoms with E-state index in [2.05, 4.69) is 15.3 Å². The maximum atomic E-state index is 11.6. The van der Waals surface area contributed by atoms with Gasteiger partial charge >= 0.3 is 0 Å². The Labute approximate surface area is 98.0 Å². The second kappa shape index (κ2) is 4.88. The fourth-order valence-corrected chi connectivity index (χ4v) is 1.68. The molecule has 0 aromatic carbocycles. The molecule has 0 bridgehead atoms. The molecular weight excluding hydrogens is 222 g/mol. The van der Waals surface area contributed by atoms with E-state index in [9.17, 15) is 9.59 Å². The van der Waals surface area contributed by atoms with Gasteiger partial charge in [0.2, 0.25) is 5.91 Å². The Bertz CT molecular complexity index is 448. The minimum absolute atomic E-state index is 0.0164. The summed E-state index contributed by atoms with van der Waals surface area (Å²) in [5.74, 6) is -0.645. The summed E-state index contributed by atoms with van der Waals surface area (Å²) in [6.45, 7) is 1.91. The van der Waals surface area contributed by atoms with Crippen molar-refractivity contribution in [1.29, 1.82) is 0 Å². The van der Waals surface area contributed by atoms with Crippen molar-refractivity contribution in [3.8, 4) is 0 Å². The third-order valence-electron chi connectivity index (χ3n) is 2.54. The number of hydrogen-bond donors (Lipinski definition) is 2. The fourth-order valence-electron chi connectivity index (χ4n) is 1.68. The first-order chi connectivity index (χ1) is 8.18. The molecule has 0 radical (unpaired) electrons. The van der Waals surface area contributed by atoms with Crippen molar-refractivity contribution in [3.63, 3.8) is 0 Å². The zero-order chi connectivity index (χ0) is 12.3. The third kappa shape index (κ3) is 2.56. The zero-order valence-electron chi connectivity index (χ0n) is 9.22. The third-order valence-corrected chi connectivity index (χ3v) is 2.54. The van der Waals surface area contributed by atoms with Gasteiger partial charge in [0.15, 0.2) is 5.69 Å². The van der Waals surface area contributed by atoms with E-state index in [4.69, 9.17) is 5.73 Å². The minimum Gasteiger partial charge on any atom is -0.364 e. The Hall–Kier alpha value is -2.02. The smallest absolute Gasteiger partial charge is 0.269 e. The molecule has 3 N–H and O–H groups in total. The number of piperazine rings is 1. The van der Waals surface area contributed by atoms with Gasteiger partial charge in [0.25, 0.3) is 5.91 Å². The average Bonchev–Trinajstić information content (AvgIpc) is 2.32. The van der Waals surface area contributed by atoms with Gasteiger partial charge in [0, 0.05) is 25.5 Å². The number of nitrogens with two attached hydrogens (primary N) is 1. The Morgan fingerprint density at radius 3 is 2.94 bits per heavy atom. The van der Waals surface area contributed by atoms with Crippen LogP contribution in [0.3, 0.4) is 0 Å². The molecule has 2 heterocycles. The van der Waals surface area contributed by atoms with E-state index in [0.29, 0.717) is 18.8 Å². The van der Waals surface area contributed by atoms with E-state index in [1.807, 2.05) is 0 Å². The van der Waals surface area contributed by atoms with Crippen molar-refractivity contribution in [1.82, 2.24) is 20.2 Å². The van der Waals surface area contributed by atoms with E-state index in [1.165, 1.54) is 12.4 Å². The van der Waals surface area contributed by atoms with Gasteiger partial charge in [-0.3, -0.25) is 14.6 Å². The van der Waals surface area contributed by atoms with Crippen molar-refractivity contribution in [3.05, 3.63) is 23.8 Å². The highest BCUT2D eigenvalue weighted by Gasteiger charge is 2.20. The van der Waals surface area contributed by atoms with Gasteiger partial charge in [-0.1, -0.05) is 0 Å². The zero-order valence-corrected chi connectivity index (χ0v) is 9.22. The summed E-state index contributed by atoms with van der Waals surface area (Å²) in [5.41, 5.74) is 5.76. The molecule has 7 nitrogen and oxygen atoms in total. The average molecular weight is 235 g/mol. The van der Waals surface area contributed by atoms with Crippen LogP contribution in [0.5, 0.6) is 0 Å². The van der Waals surface area contributed by atoms with Crippen LogP contribution < -0.4 is 11.1 Å². The molecule has 0 saturated carbocycles. The molecule has 0 unspecified atom stereocenters. The fraction of sp³-hybridized carbons (Fsp3) is 0.400. The second-order valence-electron chi connectivity index (χ2n) is 3.71. The molecule has 17 heavy (non-hydrogen) atoms. The Balaban J connectivity index is 2.17. The highest BCUT2D eigenvalue weighted by atomic mass is 16.2. The topological polar surface area (TPSA) is 101 Å². The predicted octanol–water partition coefficient (Wildman–Crippen LogP) is -1.49. The Kier molecular flexibility index (Phi) is 3.29. The molecule has 1 aromatic rings. The molecule has 0 spiro atoms. The van der Waals surface area contributed by atoms with Crippen molar-refractivity contribution in [2.45, 2.75) is 6.54 Å². The first kappa shape index (κ1) is 11.5. The van der Waals surface area contributed by atoms with Gasteiger partial charge in [-0.05, 0) is 0 Å². The molecule has 1 aliphatic rings. The van der Waals surface area contributed by atoms with Crippen molar-refractivity contribution >= 4 is 11.8 Å². The van der Waals surface area contributed by atoms with E-state index < -0.39 is 5.91 Å². The summed E-state index contributed by atoms with van der Waals surface area (Å²) in [4.78, 5) is 32.3. The molecule has 0 atom stereocenters. The van der Waals surface area contributed by atoms with E-state index in [-0.39, 0.29) is 18.1 Å². The molecule has 2 rings (SSSR count). The number of hydrogen-bond acceptors (Lipinski definition) is 5. The van der Waals surface area contributed by atoms with Gasteiger partial charge in [-0.2, -0.15) is 0 Å². The summed E-state index contributed by atoms with van der Waals surface area (Å²) in [5, 5.41) is 2.97. The summed E-state index contributed by atoms with van der Waals surface area (Å²) in [7, 11) is 0. The van der Waals surface area contributed by atoms with Crippen LogP contribution in [0.4, 0.5) is 0 Å². The molecule has 90 valence electrons. The van der Waals surface area contributed by atoms with Crippen molar-refractivity contribution in [2.75, 3.05) is 19.6 Å². The van der Waals surface area contributed by atoms with Crippen LogP contribution in [0.1, 0.15) is 16.2 Å². The predicted molar refractivity (Wildman–Crippen MR) is 58.8 cm³/mol. The molecule has 1 fully saturated rings. The van der Waals surface area contributed by atoms with Crippen LogP contribution in [-0.2, 0) is 11.3 Å². The van der Waals surface area contributed by atoms with E-state index in [1.54, 1.807) is 4.90 Å². The highest BCUT2D eigenvalue weighted by Crippen LogP contribution is 2.07. The monoisotopic (exact) mass is 235 g/mol. The lowest BCUT2D eigenvalue weighted by atomic mass is 10.2. The first-order valence-corrected chi connectivity index (χ1v) is 5.26. The van der Waals surface area contributed by atoms with Crippen molar-refractivity contribution < 1.29 is 9.59 Å². The van der Waals surface area contributed by atoms with Crippen LogP contribution in [0.15, 0.2) is 12.4 Å². The largest absolute Gasteiger partial charge is 0.364 e. The number of nitrogens with zero attached hydrogens (tertiary/aromatic N) is 3. The molecule has 1 saturated heterocycles. The maximum absolute atomic E-state index is 11.6. The number of primary amides is 1. The lowest BCUT2D eigenvalue weighted by Crippen LogP contribution is -2.47. The molecule has 1 aromatic heterocycles. The summed E-state index contributed by atoms with van der Waals surface area (Å²) >= 11 is 0. The molecule has 2 amide bonds. The summed E-state index contributed by atoms with van der Waals surface area (Å²) in [6.07, 6.45) is 2.89. The van der Waals surface area contributed by atoms with E-state index in [0.717, 1.165) is 6.54 Å². The normalized spacial score (nSPS) is 16.0. The Morgan fingerprint density at radius 1 is 1.47 bits per heavy atom. The second-order valence-corrected chi connectivity index (χ2v) is 3.71. The standard InChI is InChI=1S/C10H13N5O2/c11-10(17)9-7(13-1-2-14-9)6-15-4-3-12-5-8(15)16/h1-2,12H,3-6H2,(H2,11,17). The van der Waals surface area contributed by atoms with Gasteiger partial charge in [0.1, 0.15) is 0 Å². The van der Waals surface area contributed by atoms with E-state index >= 15 is 0 Å². The number of amides is 2. The number of carbonyl (C=O) groups is 2. The van der Waals surface area contributed by atoms with Gasteiger partial charge < -0.3 is 16.0 Å². The molecular formula is C10H13N5O2. The molecule has 0 aliphatic carbocycles. The van der Waals surface area contributed by atoms with Gasteiger partial charge in [0.05, 0.1) is 18.8 Å². The summed E-state index contributed by atoms with van der Waals surface area (Å²) in [6, 6.07) is 0. The number of nitrogens with one attached hydrogen (secondary N) is 1. The van der Waals surface area contributed by atoms with Crippen LogP contribution in [0.25, 0.3) is 0 Å². The van der Waals surface area contributed by atoms with Crippen LogP contribution >= 0.6 is 0 Å². The summed E-state index contributed by atoms with van der Waals surface area (Å²) < 4.78 is 0. The van der Waals surface area contributed by atoms with Crippen molar-refractivity contribution in [2.24, 2.45) is 5.73 Å². The lowest BCUT2D eigenvalue weighted by molar-refractivity contribution is -0.132. The lowest BCUT2D eigenvalue weighted by Gasteiger charge is -2.27. The minimum atomic E-state index is -0.629. The van der Waals surface area contributed by atoms with Crippen LogP contribution in [-0.4, -0.2) is 46.3 Å². The van der Waals surface area contributed by atoms with Gasteiger partial charge in [-0.25, -0.2) is 4.98 Å². The SMILES string of the molecule is NC(=O)c1nccnc1CN1CCNCC1=O. The van der Waals surface area contributed by atoms with Crippen LogP contribution in [0.2, 0.25) is 0 Å². The van der Waals surface area contributed by atoms with Gasteiger partial charge in [-0.15, -0.1) is 0 Å². The highest BCUT2D eigenvalue weighted by molar-refractivity contribution is 5.91. The number of aromatic nitrogens is 2. The van der Waals surface area contributed by atoms with Crippen LogP contribution in [0, 0.1) is 0 Å². The molecule has 1 aliphatic heterocycles. The quantitative estimate of drug-likeness (QED) is 0.664. The Morgan fingerprint density at radius 2 is 2.24 bits per heavy atom. The number of rotatable bonds is 3. The number of carbonyl (C=O) groups excluding carboxylic acids is 2.